The first-order valence-electron chi connectivity index (χ1n) is 7.80. The van der Waals surface area contributed by atoms with Gasteiger partial charge in [0.2, 0.25) is 11.8 Å². The number of anilines is 4. The highest BCUT2D eigenvalue weighted by atomic mass is 79.9. The molecule has 0 fully saturated rings. The van der Waals surface area contributed by atoms with Gasteiger partial charge in [0, 0.05) is 22.9 Å². The predicted octanol–water partition coefficient (Wildman–Crippen LogP) is 4.97. The van der Waals surface area contributed by atoms with Crippen LogP contribution in [0, 0.1) is 17.0 Å². The Balaban J connectivity index is 2.06. The molecular weight excluding hydrogens is 398 g/mol. The summed E-state index contributed by atoms with van der Waals surface area (Å²) in [5.41, 5.74) is 1.75. The molecule has 0 saturated carbocycles. The Morgan fingerprint density at radius 3 is 2.50 bits per heavy atom. The molecule has 26 heavy (non-hydrogen) atoms. The molecule has 3 rings (SSSR count). The maximum atomic E-state index is 11.6. The van der Waals surface area contributed by atoms with Crippen LogP contribution in [-0.2, 0) is 0 Å². The Bertz CT molecular complexity index is 950. The number of nitrogens with zero attached hydrogens (tertiary/aromatic N) is 4. The van der Waals surface area contributed by atoms with Crippen molar-refractivity contribution in [1.82, 2.24) is 9.97 Å². The number of para-hydroxylation sites is 1. The van der Waals surface area contributed by atoms with Gasteiger partial charge in [-0.05, 0) is 37.3 Å². The van der Waals surface area contributed by atoms with Crippen LogP contribution in [0.4, 0.5) is 28.8 Å². The summed E-state index contributed by atoms with van der Waals surface area (Å²) < 4.78 is 0.905. The second-order valence-electron chi connectivity index (χ2n) is 5.59. The van der Waals surface area contributed by atoms with E-state index in [0.717, 1.165) is 15.8 Å². The van der Waals surface area contributed by atoms with Crippen LogP contribution in [0.5, 0.6) is 0 Å². The van der Waals surface area contributed by atoms with Crippen molar-refractivity contribution in [3.63, 3.8) is 0 Å². The molecule has 3 aromatic rings. The van der Waals surface area contributed by atoms with Gasteiger partial charge in [0.1, 0.15) is 5.69 Å². The molecule has 0 atom stereocenters. The van der Waals surface area contributed by atoms with Gasteiger partial charge in [0.25, 0.3) is 0 Å². The average Bonchev–Trinajstić information content (AvgIpc) is 2.61. The maximum absolute atomic E-state index is 11.6. The fraction of sp³-hybridized carbons (Fsp3) is 0.111. The lowest BCUT2D eigenvalue weighted by molar-refractivity contribution is -0.385. The number of benzene rings is 2. The van der Waals surface area contributed by atoms with E-state index < -0.39 is 4.92 Å². The van der Waals surface area contributed by atoms with Gasteiger partial charge in [0.15, 0.2) is 0 Å². The van der Waals surface area contributed by atoms with E-state index in [1.165, 1.54) is 0 Å². The monoisotopic (exact) mass is 413 g/mol. The van der Waals surface area contributed by atoms with E-state index in [-0.39, 0.29) is 11.5 Å². The van der Waals surface area contributed by atoms with E-state index >= 15 is 0 Å². The smallest absolute Gasteiger partial charge is 0.324 e. The van der Waals surface area contributed by atoms with E-state index in [0.29, 0.717) is 11.6 Å². The lowest BCUT2D eigenvalue weighted by Crippen LogP contribution is -2.16. The third-order valence-corrected chi connectivity index (χ3v) is 4.26. The number of aryl methyl sites for hydroxylation is 1. The predicted molar refractivity (Wildman–Crippen MR) is 105 cm³/mol. The summed E-state index contributed by atoms with van der Waals surface area (Å²) in [6.45, 7) is 1.61. The highest BCUT2D eigenvalue weighted by Gasteiger charge is 2.25. The van der Waals surface area contributed by atoms with E-state index in [4.69, 9.17) is 0 Å². The minimum Gasteiger partial charge on any atom is -0.324 e. The highest BCUT2D eigenvalue weighted by molar-refractivity contribution is 9.10. The van der Waals surface area contributed by atoms with Crippen LogP contribution in [0.2, 0.25) is 0 Å². The van der Waals surface area contributed by atoms with Gasteiger partial charge in [-0.15, -0.1) is 0 Å². The van der Waals surface area contributed by atoms with Gasteiger partial charge in [-0.3, -0.25) is 10.1 Å². The molecule has 0 aliphatic heterocycles. The molecule has 132 valence electrons. The van der Waals surface area contributed by atoms with Crippen molar-refractivity contribution in [3.8, 4) is 0 Å². The summed E-state index contributed by atoms with van der Waals surface area (Å²) >= 11 is 3.41. The van der Waals surface area contributed by atoms with Gasteiger partial charge in [-0.25, -0.2) is 4.98 Å². The van der Waals surface area contributed by atoms with Gasteiger partial charge in [0.05, 0.1) is 4.92 Å². The number of nitro groups is 1. The third-order valence-electron chi connectivity index (χ3n) is 3.76. The number of hydrogen-bond acceptors (Lipinski definition) is 6. The first-order chi connectivity index (χ1) is 12.5. The zero-order valence-corrected chi connectivity index (χ0v) is 15.8. The zero-order chi connectivity index (χ0) is 18.7. The van der Waals surface area contributed by atoms with Crippen molar-refractivity contribution in [2.24, 2.45) is 0 Å². The SMILES string of the molecule is Cc1nc(Nc2cccc(Br)c2)nc(N(C)c2ccccc2)c1[N+](=O)[O-]. The summed E-state index contributed by atoms with van der Waals surface area (Å²) in [7, 11) is 1.74. The molecule has 1 aromatic heterocycles. The molecule has 0 bridgehead atoms. The van der Waals surface area contributed by atoms with Crippen molar-refractivity contribution in [2.45, 2.75) is 6.92 Å². The molecule has 0 saturated heterocycles. The Labute approximate surface area is 159 Å². The molecule has 1 heterocycles. The van der Waals surface area contributed by atoms with Crippen LogP contribution in [-0.4, -0.2) is 21.9 Å². The number of halogens is 1. The number of hydrogen-bond donors (Lipinski definition) is 1. The van der Waals surface area contributed by atoms with Crippen LogP contribution in [0.25, 0.3) is 0 Å². The maximum Gasteiger partial charge on any atom is 0.333 e. The molecule has 8 heteroatoms. The summed E-state index contributed by atoms with van der Waals surface area (Å²) in [5, 5.41) is 14.7. The molecule has 0 amide bonds. The van der Waals surface area contributed by atoms with Gasteiger partial charge in [-0.1, -0.05) is 40.2 Å². The molecule has 0 spiro atoms. The summed E-state index contributed by atoms with van der Waals surface area (Å²) in [6.07, 6.45) is 0. The van der Waals surface area contributed by atoms with Gasteiger partial charge < -0.3 is 10.2 Å². The minimum absolute atomic E-state index is 0.115. The molecular formula is C18H16BrN5O2. The molecule has 0 aliphatic carbocycles. The Hall–Kier alpha value is -3.00. The lowest BCUT2D eigenvalue weighted by Gasteiger charge is -2.19. The van der Waals surface area contributed by atoms with Crippen molar-refractivity contribution < 1.29 is 4.92 Å². The highest BCUT2D eigenvalue weighted by Crippen LogP contribution is 2.34. The van der Waals surface area contributed by atoms with Crippen molar-refractivity contribution in [1.29, 1.82) is 0 Å². The Morgan fingerprint density at radius 2 is 1.85 bits per heavy atom. The van der Waals surface area contributed by atoms with Crippen molar-refractivity contribution in [3.05, 3.63) is 74.9 Å². The minimum atomic E-state index is -0.451. The largest absolute Gasteiger partial charge is 0.333 e. The number of nitrogens with one attached hydrogen (secondary N) is 1. The van der Waals surface area contributed by atoms with E-state index in [9.17, 15) is 10.1 Å². The average molecular weight is 414 g/mol. The fourth-order valence-corrected chi connectivity index (χ4v) is 2.92. The summed E-state index contributed by atoms with van der Waals surface area (Å²) in [6, 6.07) is 16.9. The normalized spacial score (nSPS) is 10.4. The summed E-state index contributed by atoms with van der Waals surface area (Å²) in [4.78, 5) is 21.4. The topological polar surface area (TPSA) is 84.2 Å². The number of aromatic nitrogens is 2. The second kappa shape index (κ2) is 7.49. The Morgan fingerprint density at radius 1 is 1.12 bits per heavy atom. The van der Waals surface area contributed by atoms with Crippen LogP contribution in [0.3, 0.4) is 0 Å². The first-order valence-corrected chi connectivity index (χ1v) is 8.59. The third kappa shape index (κ3) is 3.80. The number of rotatable bonds is 5. The van der Waals surface area contributed by atoms with Crippen molar-refractivity contribution in [2.75, 3.05) is 17.3 Å². The molecule has 2 aromatic carbocycles. The quantitative estimate of drug-likeness (QED) is 0.469. The van der Waals surface area contributed by atoms with Gasteiger partial charge in [-0.2, -0.15) is 4.98 Å². The van der Waals surface area contributed by atoms with Gasteiger partial charge >= 0.3 is 5.69 Å². The van der Waals surface area contributed by atoms with Crippen LogP contribution in [0.1, 0.15) is 5.69 Å². The Kier molecular flexibility index (Phi) is 5.13. The molecule has 1 N–H and O–H groups in total. The fourth-order valence-electron chi connectivity index (χ4n) is 2.52. The lowest BCUT2D eigenvalue weighted by atomic mass is 10.2. The molecule has 7 nitrogen and oxygen atoms in total. The first kappa shape index (κ1) is 17.8. The zero-order valence-electron chi connectivity index (χ0n) is 14.2. The summed E-state index contributed by atoms with van der Waals surface area (Å²) in [5.74, 6) is 0.523. The van der Waals surface area contributed by atoms with E-state index in [1.807, 2.05) is 54.6 Å². The second-order valence-corrected chi connectivity index (χ2v) is 6.51. The van der Waals surface area contributed by atoms with Crippen LogP contribution < -0.4 is 10.2 Å². The standard InChI is InChI=1S/C18H16BrN5O2/c1-12-16(24(25)26)17(23(2)15-9-4-3-5-10-15)22-18(20-12)21-14-8-6-7-13(19)11-14/h3-11H,1-2H3,(H,20,21,22). The molecule has 0 unspecified atom stereocenters. The van der Waals surface area contributed by atoms with Crippen molar-refractivity contribution >= 4 is 44.8 Å². The van der Waals surface area contributed by atoms with Crippen LogP contribution >= 0.6 is 15.9 Å². The molecule has 0 radical (unpaired) electrons. The van der Waals surface area contributed by atoms with E-state index in [1.54, 1.807) is 18.9 Å². The van der Waals surface area contributed by atoms with Crippen LogP contribution in [0.15, 0.2) is 59.1 Å². The molecule has 0 aliphatic rings. The van der Waals surface area contributed by atoms with E-state index in [2.05, 4.69) is 31.2 Å².